The largest absolute Gasteiger partial charge is 0.343 e. The van der Waals surface area contributed by atoms with Crippen LogP contribution in [0.1, 0.15) is 17.4 Å². The summed E-state index contributed by atoms with van der Waals surface area (Å²) in [5.41, 5.74) is 1.14. The highest BCUT2D eigenvalue weighted by Crippen LogP contribution is 2.26. The molecule has 7 nitrogen and oxygen atoms in total. The summed E-state index contributed by atoms with van der Waals surface area (Å²) in [6, 6.07) is 10.2. The fraction of sp³-hybridized carbons (Fsp3) is 0.429. The van der Waals surface area contributed by atoms with Crippen LogP contribution in [0.3, 0.4) is 0 Å². The minimum absolute atomic E-state index is 0.0197. The Balaban J connectivity index is 1.88. The van der Waals surface area contributed by atoms with E-state index < -0.39 is 0 Å². The average molecular weight is 286 g/mol. The molecule has 1 aliphatic rings. The molecule has 0 bridgehead atoms. The van der Waals surface area contributed by atoms with E-state index in [0.717, 1.165) is 38.2 Å². The molecular weight excluding hydrogens is 268 g/mol. The Morgan fingerprint density at radius 3 is 2.43 bits per heavy atom. The number of benzene rings is 1. The zero-order chi connectivity index (χ0) is 14.7. The minimum Gasteiger partial charge on any atom is -0.343 e. The van der Waals surface area contributed by atoms with Crippen LogP contribution in [0, 0.1) is 0 Å². The highest BCUT2D eigenvalue weighted by Gasteiger charge is 2.29. The van der Waals surface area contributed by atoms with Crippen LogP contribution in [-0.2, 0) is 11.8 Å². The van der Waals surface area contributed by atoms with Gasteiger partial charge in [0.25, 0.3) is 0 Å². The number of hydrogen-bond acceptors (Lipinski definition) is 5. The van der Waals surface area contributed by atoms with Crippen LogP contribution >= 0.6 is 0 Å². The topological polar surface area (TPSA) is 67.2 Å². The van der Waals surface area contributed by atoms with Gasteiger partial charge < -0.3 is 4.90 Å². The number of aromatic nitrogens is 4. The van der Waals surface area contributed by atoms with Gasteiger partial charge in [-0.3, -0.25) is 9.69 Å². The summed E-state index contributed by atoms with van der Waals surface area (Å²) in [7, 11) is 1.77. The third-order valence-corrected chi connectivity index (χ3v) is 3.75. The van der Waals surface area contributed by atoms with Crippen LogP contribution in [0.4, 0.5) is 0 Å². The zero-order valence-electron chi connectivity index (χ0n) is 12.0. The molecule has 1 aromatic heterocycles. The molecule has 1 aromatic carbocycles. The second-order valence-electron chi connectivity index (χ2n) is 5.13. The molecule has 1 unspecified atom stereocenters. The zero-order valence-corrected chi connectivity index (χ0v) is 12.0. The Labute approximate surface area is 123 Å². The molecule has 2 heterocycles. The van der Waals surface area contributed by atoms with Crippen molar-refractivity contribution in [3.05, 3.63) is 41.7 Å². The molecule has 1 saturated heterocycles. The molecule has 3 rings (SSSR count). The van der Waals surface area contributed by atoms with Crippen molar-refractivity contribution in [1.82, 2.24) is 30.0 Å². The quantitative estimate of drug-likeness (QED) is 0.744. The maximum atomic E-state index is 10.8. The van der Waals surface area contributed by atoms with Crippen LogP contribution in [0.5, 0.6) is 0 Å². The first-order chi connectivity index (χ1) is 10.3. The van der Waals surface area contributed by atoms with Crippen molar-refractivity contribution in [2.45, 2.75) is 6.04 Å². The van der Waals surface area contributed by atoms with Crippen LogP contribution in [-0.4, -0.2) is 62.6 Å². The number of aryl methyl sites for hydroxylation is 1. The van der Waals surface area contributed by atoms with Gasteiger partial charge in [-0.15, -0.1) is 10.2 Å². The van der Waals surface area contributed by atoms with Crippen LogP contribution in [0.25, 0.3) is 0 Å². The molecule has 21 heavy (non-hydrogen) atoms. The predicted octanol–water partition coefficient (Wildman–Crippen LogP) is 0.0735. The van der Waals surface area contributed by atoms with E-state index in [1.165, 1.54) is 4.80 Å². The number of rotatable bonds is 4. The van der Waals surface area contributed by atoms with E-state index in [1.807, 2.05) is 18.2 Å². The van der Waals surface area contributed by atoms with Crippen LogP contribution in [0.2, 0.25) is 0 Å². The standard InChI is InChI=1S/C14H18N6O/c1-18-16-14(15-17-18)13(12-5-3-2-4-6-12)20-9-7-19(11-21)8-10-20/h2-6,11,13H,7-10H2,1H3. The van der Waals surface area contributed by atoms with Gasteiger partial charge in [-0.2, -0.15) is 4.80 Å². The second-order valence-corrected chi connectivity index (χ2v) is 5.13. The summed E-state index contributed by atoms with van der Waals surface area (Å²) in [5.74, 6) is 0.697. The van der Waals surface area contributed by atoms with Gasteiger partial charge in [0.05, 0.1) is 13.1 Å². The van der Waals surface area contributed by atoms with E-state index in [2.05, 4.69) is 32.4 Å². The van der Waals surface area contributed by atoms with Crippen molar-refractivity contribution in [3.63, 3.8) is 0 Å². The summed E-state index contributed by atoms with van der Waals surface area (Å²) in [6.07, 6.45) is 0.912. The Hall–Kier alpha value is -2.28. The Morgan fingerprint density at radius 2 is 1.86 bits per heavy atom. The van der Waals surface area contributed by atoms with E-state index >= 15 is 0 Å². The van der Waals surface area contributed by atoms with Gasteiger partial charge in [-0.1, -0.05) is 30.3 Å². The lowest BCUT2D eigenvalue weighted by atomic mass is 10.0. The first-order valence-electron chi connectivity index (χ1n) is 7.00. The van der Waals surface area contributed by atoms with E-state index in [-0.39, 0.29) is 6.04 Å². The number of carbonyl (C=O) groups is 1. The molecule has 2 aromatic rings. The molecule has 110 valence electrons. The van der Waals surface area contributed by atoms with Crippen LogP contribution < -0.4 is 0 Å². The van der Waals surface area contributed by atoms with Crippen molar-refractivity contribution in [2.24, 2.45) is 7.05 Å². The van der Waals surface area contributed by atoms with Gasteiger partial charge in [0.1, 0.15) is 0 Å². The van der Waals surface area contributed by atoms with Crippen molar-refractivity contribution >= 4 is 6.41 Å². The molecule has 1 fully saturated rings. The molecule has 0 aliphatic carbocycles. The number of amides is 1. The first-order valence-corrected chi connectivity index (χ1v) is 7.00. The summed E-state index contributed by atoms with van der Waals surface area (Å²) in [4.78, 5) is 16.4. The van der Waals surface area contributed by atoms with Gasteiger partial charge in [-0.25, -0.2) is 0 Å². The SMILES string of the molecule is Cn1nnc(C(c2ccccc2)N2CCN(C=O)CC2)n1. The fourth-order valence-corrected chi connectivity index (χ4v) is 2.67. The monoisotopic (exact) mass is 286 g/mol. The molecule has 1 aliphatic heterocycles. The molecule has 0 N–H and O–H groups in total. The number of carbonyl (C=O) groups excluding carboxylic acids is 1. The summed E-state index contributed by atoms with van der Waals surface area (Å²) in [5, 5.41) is 12.5. The maximum Gasteiger partial charge on any atom is 0.209 e. The fourth-order valence-electron chi connectivity index (χ4n) is 2.67. The van der Waals surface area contributed by atoms with E-state index in [4.69, 9.17) is 0 Å². The lowest BCUT2D eigenvalue weighted by Crippen LogP contribution is -2.47. The lowest BCUT2D eigenvalue weighted by molar-refractivity contribution is -0.119. The van der Waals surface area contributed by atoms with E-state index in [9.17, 15) is 4.79 Å². The van der Waals surface area contributed by atoms with Gasteiger partial charge in [-0.05, 0) is 10.8 Å². The summed E-state index contributed by atoms with van der Waals surface area (Å²) >= 11 is 0. The molecular formula is C14H18N6O. The average Bonchev–Trinajstić information content (AvgIpc) is 2.95. The molecule has 0 radical (unpaired) electrons. The van der Waals surface area contributed by atoms with Gasteiger partial charge >= 0.3 is 0 Å². The maximum absolute atomic E-state index is 10.8. The Morgan fingerprint density at radius 1 is 1.14 bits per heavy atom. The number of hydrogen-bond donors (Lipinski definition) is 0. The van der Waals surface area contributed by atoms with E-state index in [0.29, 0.717) is 5.82 Å². The predicted molar refractivity (Wildman–Crippen MR) is 76.3 cm³/mol. The highest BCUT2D eigenvalue weighted by atomic mass is 16.1. The van der Waals surface area contributed by atoms with Crippen molar-refractivity contribution in [1.29, 1.82) is 0 Å². The van der Waals surface area contributed by atoms with Crippen molar-refractivity contribution < 1.29 is 4.79 Å². The smallest absolute Gasteiger partial charge is 0.209 e. The number of piperazine rings is 1. The van der Waals surface area contributed by atoms with Gasteiger partial charge in [0, 0.05) is 26.2 Å². The Kier molecular flexibility index (Phi) is 3.92. The second kappa shape index (κ2) is 6.01. The summed E-state index contributed by atoms with van der Waals surface area (Å²) < 4.78 is 0. The molecule has 7 heteroatoms. The third kappa shape index (κ3) is 2.92. The lowest BCUT2D eigenvalue weighted by Gasteiger charge is -2.36. The molecule has 0 saturated carbocycles. The van der Waals surface area contributed by atoms with E-state index in [1.54, 1.807) is 11.9 Å². The van der Waals surface area contributed by atoms with Crippen molar-refractivity contribution in [3.8, 4) is 0 Å². The number of nitrogens with zero attached hydrogens (tertiary/aromatic N) is 6. The summed E-state index contributed by atoms with van der Waals surface area (Å²) in [6.45, 7) is 3.06. The molecule has 0 spiro atoms. The Bertz CT molecular complexity index is 591. The minimum atomic E-state index is -0.0197. The molecule has 1 atom stereocenters. The van der Waals surface area contributed by atoms with Gasteiger partial charge in [0.2, 0.25) is 6.41 Å². The highest BCUT2D eigenvalue weighted by molar-refractivity contribution is 5.47. The van der Waals surface area contributed by atoms with Crippen LogP contribution in [0.15, 0.2) is 30.3 Å². The van der Waals surface area contributed by atoms with Crippen molar-refractivity contribution in [2.75, 3.05) is 26.2 Å². The molecule has 1 amide bonds. The number of tetrazole rings is 1. The third-order valence-electron chi connectivity index (χ3n) is 3.75. The normalized spacial score (nSPS) is 17.7. The van der Waals surface area contributed by atoms with Gasteiger partial charge in [0.15, 0.2) is 5.82 Å². The first kappa shape index (κ1) is 13.7.